The molecule has 0 amide bonds. The maximum Gasteiger partial charge on any atom is 0.224 e. The van der Waals surface area contributed by atoms with E-state index in [1.54, 1.807) is 6.20 Å². The Labute approximate surface area is 172 Å². The molecular weight excluding hydrogens is 370 g/mol. The highest BCUT2D eigenvalue weighted by atomic mass is 16.5. The van der Waals surface area contributed by atoms with Crippen LogP contribution in [-0.4, -0.2) is 55.5 Å². The fourth-order valence-electron chi connectivity index (χ4n) is 3.60. The normalized spacial score (nSPS) is 18.9. The van der Waals surface area contributed by atoms with Gasteiger partial charge in [0.05, 0.1) is 14.2 Å². The summed E-state index contributed by atoms with van der Waals surface area (Å²) in [7, 11) is 7.03. The van der Waals surface area contributed by atoms with Crippen LogP contribution in [0.3, 0.4) is 0 Å². The molecule has 8 nitrogen and oxygen atoms in total. The Bertz CT molecular complexity index is 782. The van der Waals surface area contributed by atoms with Gasteiger partial charge < -0.3 is 30.1 Å². The highest BCUT2D eigenvalue weighted by molar-refractivity contribution is 5.52. The van der Waals surface area contributed by atoms with Crippen LogP contribution >= 0.6 is 0 Å². The first-order chi connectivity index (χ1) is 14.0. The van der Waals surface area contributed by atoms with Crippen molar-refractivity contribution in [2.24, 2.45) is 0 Å². The standard InChI is InChI=1S/C21H31N5O3/c1-26(2)19-9-10-22-21(25-19)24-16-7-5-15(6-8-16)23-13-14-11-17(28-3)20(27)18(12-14)29-4/h9-12,15-16,23,27H,5-8,13H2,1-4H3,(H,22,24,25)/t15-,16+. The summed E-state index contributed by atoms with van der Waals surface area (Å²) in [5.41, 5.74) is 1.02. The van der Waals surface area contributed by atoms with Crippen molar-refractivity contribution in [2.45, 2.75) is 44.3 Å². The predicted molar refractivity (Wildman–Crippen MR) is 114 cm³/mol. The quantitative estimate of drug-likeness (QED) is 0.622. The largest absolute Gasteiger partial charge is 0.502 e. The zero-order valence-corrected chi connectivity index (χ0v) is 17.6. The Morgan fingerprint density at radius 2 is 1.69 bits per heavy atom. The Morgan fingerprint density at radius 1 is 1.07 bits per heavy atom. The third-order valence-electron chi connectivity index (χ3n) is 5.29. The van der Waals surface area contributed by atoms with Gasteiger partial charge in [0.25, 0.3) is 0 Å². The van der Waals surface area contributed by atoms with E-state index in [4.69, 9.17) is 9.47 Å². The van der Waals surface area contributed by atoms with Crippen LogP contribution in [-0.2, 0) is 6.54 Å². The number of benzene rings is 1. The molecule has 0 aliphatic heterocycles. The first-order valence-electron chi connectivity index (χ1n) is 9.94. The Hall–Kier alpha value is -2.74. The summed E-state index contributed by atoms with van der Waals surface area (Å²) >= 11 is 0. The fourth-order valence-corrected chi connectivity index (χ4v) is 3.60. The number of hydrogen-bond acceptors (Lipinski definition) is 8. The molecule has 0 bridgehead atoms. The maximum atomic E-state index is 10.0. The number of nitrogens with one attached hydrogen (secondary N) is 2. The number of ether oxygens (including phenoxy) is 2. The Kier molecular flexibility index (Phi) is 6.98. The van der Waals surface area contributed by atoms with E-state index in [9.17, 15) is 5.11 Å². The monoisotopic (exact) mass is 401 g/mol. The lowest BCUT2D eigenvalue weighted by Gasteiger charge is -2.30. The molecule has 1 heterocycles. The molecule has 0 saturated heterocycles. The Balaban J connectivity index is 1.50. The van der Waals surface area contributed by atoms with Crippen LogP contribution < -0.4 is 25.0 Å². The SMILES string of the molecule is COc1cc(CN[C@H]2CC[C@@H](Nc3nccc(N(C)C)n3)CC2)cc(OC)c1O. The lowest BCUT2D eigenvalue weighted by Crippen LogP contribution is -2.37. The summed E-state index contributed by atoms with van der Waals surface area (Å²) in [4.78, 5) is 10.9. The summed E-state index contributed by atoms with van der Waals surface area (Å²) < 4.78 is 10.5. The molecule has 0 spiro atoms. The summed E-state index contributed by atoms with van der Waals surface area (Å²) in [6.07, 6.45) is 6.08. The first-order valence-corrected chi connectivity index (χ1v) is 9.94. The summed E-state index contributed by atoms with van der Waals surface area (Å²) in [6.45, 7) is 0.698. The van der Waals surface area contributed by atoms with Crippen molar-refractivity contribution in [3.8, 4) is 17.2 Å². The molecule has 1 fully saturated rings. The van der Waals surface area contributed by atoms with E-state index in [2.05, 4.69) is 20.6 Å². The molecule has 29 heavy (non-hydrogen) atoms. The van der Waals surface area contributed by atoms with Crippen molar-refractivity contribution in [1.82, 2.24) is 15.3 Å². The molecular formula is C21H31N5O3. The van der Waals surface area contributed by atoms with E-state index in [0.717, 1.165) is 37.1 Å². The van der Waals surface area contributed by atoms with Crippen molar-refractivity contribution < 1.29 is 14.6 Å². The second-order valence-electron chi connectivity index (χ2n) is 7.56. The van der Waals surface area contributed by atoms with Gasteiger partial charge in [-0.1, -0.05) is 0 Å². The minimum absolute atomic E-state index is 0.0332. The molecule has 0 radical (unpaired) electrons. The molecule has 3 N–H and O–H groups in total. The van der Waals surface area contributed by atoms with E-state index < -0.39 is 0 Å². The number of hydrogen-bond donors (Lipinski definition) is 3. The average molecular weight is 402 g/mol. The summed E-state index contributed by atoms with van der Waals surface area (Å²) in [5, 5.41) is 17.1. The number of phenolic OH excluding ortho intramolecular Hbond substituents is 1. The van der Waals surface area contributed by atoms with Crippen LogP contribution in [0.4, 0.5) is 11.8 Å². The average Bonchev–Trinajstić information content (AvgIpc) is 2.74. The molecule has 1 aromatic heterocycles. The molecule has 1 aliphatic carbocycles. The van der Waals surface area contributed by atoms with Gasteiger partial charge in [-0.25, -0.2) is 4.98 Å². The van der Waals surface area contributed by atoms with Gasteiger partial charge in [0.15, 0.2) is 11.5 Å². The molecule has 2 aromatic rings. The van der Waals surface area contributed by atoms with Crippen molar-refractivity contribution in [1.29, 1.82) is 0 Å². The van der Waals surface area contributed by atoms with Gasteiger partial charge in [-0.15, -0.1) is 0 Å². The number of anilines is 2. The zero-order valence-electron chi connectivity index (χ0n) is 17.6. The highest BCUT2D eigenvalue weighted by Gasteiger charge is 2.22. The van der Waals surface area contributed by atoms with Crippen LogP contribution in [0.25, 0.3) is 0 Å². The molecule has 1 saturated carbocycles. The number of aromatic nitrogens is 2. The second kappa shape index (κ2) is 9.65. The molecule has 3 rings (SSSR count). The van der Waals surface area contributed by atoms with E-state index >= 15 is 0 Å². The van der Waals surface area contributed by atoms with Crippen LogP contribution in [0, 0.1) is 0 Å². The van der Waals surface area contributed by atoms with Crippen molar-refractivity contribution in [3.63, 3.8) is 0 Å². The number of phenols is 1. The number of methoxy groups -OCH3 is 2. The predicted octanol–water partition coefficient (Wildman–Crippen LogP) is 2.78. The van der Waals surface area contributed by atoms with Crippen molar-refractivity contribution in [3.05, 3.63) is 30.0 Å². The van der Waals surface area contributed by atoms with Gasteiger partial charge in [0, 0.05) is 38.9 Å². The molecule has 1 aliphatic rings. The highest BCUT2D eigenvalue weighted by Crippen LogP contribution is 2.37. The van der Waals surface area contributed by atoms with Gasteiger partial charge in [-0.2, -0.15) is 4.98 Å². The van der Waals surface area contributed by atoms with Gasteiger partial charge in [0.2, 0.25) is 11.7 Å². The number of nitrogens with zero attached hydrogens (tertiary/aromatic N) is 3. The van der Waals surface area contributed by atoms with Gasteiger partial charge in [-0.3, -0.25) is 0 Å². The summed E-state index contributed by atoms with van der Waals surface area (Å²) in [6, 6.07) is 6.42. The fraction of sp³-hybridized carbons (Fsp3) is 0.524. The van der Waals surface area contributed by atoms with Gasteiger partial charge >= 0.3 is 0 Å². The topological polar surface area (TPSA) is 91.8 Å². The minimum Gasteiger partial charge on any atom is -0.502 e. The van der Waals surface area contributed by atoms with Crippen LogP contribution in [0.5, 0.6) is 17.2 Å². The summed E-state index contributed by atoms with van der Waals surface area (Å²) in [5.74, 6) is 2.47. The van der Waals surface area contributed by atoms with Crippen LogP contribution in [0.1, 0.15) is 31.2 Å². The van der Waals surface area contributed by atoms with Gasteiger partial charge in [0.1, 0.15) is 5.82 Å². The molecule has 0 atom stereocenters. The van der Waals surface area contributed by atoms with E-state index in [1.807, 2.05) is 37.2 Å². The third kappa shape index (κ3) is 5.41. The number of rotatable bonds is 8. The maximum absolute atomic E-state index is 10.0. The minimum atomic E-state index is 0.0332. The second-order valence-corrected chi connectivity index (χ2v) is 7.56. The van der Waals surface area contributed by atoms with Crippen LogP contribution in [0.2, 0.25) is 0 Å². The lowest BCUT2D eigenvalue weighted by molar-refractivity contribution is 0.336. The van der Waals surface area contributed by atoms with E-state index in [1.165, 1.54) is 14.2 Å². The Morgan fingerprint density at radius 3 is 2.28 bits per heavy atom. The molecule has 1 aromatic carbocycles. The van der Waals surface area contributed by atoms with Crippen molar-refractivity contribution >= 4 is 11.8 Å². The molecule has 0 unspecified atom stereocenters. The van der Waals surface area contributed by atoms with E-state index in [-0.39, 0.29) is 5.75 Å². The van der Waals surface area contributed by atoms with Crippen LogP contribution in [0.15, 0.2) is 24.4 Å². The first kappa shape index (κ1) is 21.0. The van der Waals surface area contributed by atoms with Gasteiger partial charge in [-0.05, 0) is 49.4 Å². The molecule has 8 heteroatoms. The smallest absolute Gasteiger partial charge is 0.224 e. The lowest BCUT2D eigenvalue weighted by atomic mass is 9.91. The molecule has 158 valence electrons. The zero-order chi connectivity index (χ0) is 20.8. The third-order valence-corrected chi connectivity index (χ3v) is 5.29. The number of aromatic hydroxyl groups is 1. The van der Waals surface area contributed by atoms with E-state index in [0.29, 0.717) is 36.1 Å². The van der Waals surface area contributed by atoms with Crippen molar-refractivity contribution in [2.75, 3.05) is 38.5 Å².